The normalized spacial score (nSPS) is 18.6. The molecule has 1 aromatic rings. The van der Waals surface area contributed by atoms with Crippen molar-refractivity contribution in [3.8, 4) is 0 Å². The molecule has 0 aliphatic carbocycles. The number of hydrogen-bond donors (Lipinski definition) is 2. The van der Waals surface area contributed by atoms with Crippen molar-refractivity contribution in [3.63, 3.8) is 0 Å². The summed E-state index contributed by atoms with van der Waals surface area (Å²) in [6.45, 7) is 7.84. The van der Waals surface area contributed by atoms with Gasteiger partial charge in [-0.25, -0.2) is 4.79 Å². The fourth-order valence-corrected chi connectivity index (χ4v) is 4.90. The van der Waals surface area contributed by atoms with Gasteiger partial charge in [-0.2, -0.15) is 0 Å². The van der Waals surface area contributed by atoms with E-state index in [-0.39, 0.29) is 29.7 Å². The maximum atomic E-state index is 13.2. The molecule has 37 heavy (non-hydrogen) atoms. The molecule has 5 amide bonds. The molecule has 2 heterocycles. The smallest absolute Gasteiger partial charge is 0.407 e. The van der Waals surface area contributed by atoms with Crippen LogP contribution in [-0.4, -0.2) is 77.5 Å². The van der Waals surface area contributed by atoms with Crippen molar-refractivity contribution in [1.29, 1.82) is 0 Å². The number of nitrogens with zero attached hydrogens (tertiary/aromatic N) is 2. The molecule has 2 unspecified atom stereocenters. The van der Waals surface area contributed by atoms with Gasteiger partial charge in [0.05, 0.1) is 11.1 Å². The van der Waals surface area contributed by atoms with Crippen molar-refractivity contribution in [3.05, 3.63) is 34.9 Å². The third-order valence-electron chi connectivity index (χ3n) is 7.18. The van der Waals surface area contributed by atoms with Gasteiger partial charge >= 0.3 is 6.09 Å². The predicted octanol–water partition coefficient (Wildman–Crippen LogP) is 3.09. The molecule has 1 fully saturated rings. The van der Waals surface area contributed by atoms with E-state index in [9.17, 15) is 29.1 Å². The van der Waals surface area contributed by atoms with Gasteiger partial charge in [0.25, 0.3) is 11.8 Å². The van der Waals surface area contributed by atoms with Crippen LogP contribution in [-0.2, 0) is 20.7 Å². The Bertz CT molecular complexity index is 1060. The number of aryl methyl sites for hydroxylation is 1. The average Bonchev–Trinajstić information content (AvgIpc) is 3.07. The van der Waals surface area contributed by atoms with Crippen molar-refractivity contribution in [2.45, 2.75) is 65.3 Å². The molecule has 0 radical (unpaired) electrons. The maximum absolute atomic E-state index is 13.2. The molecule has 3 rings (SSSR count). The highest BCUT2D eigenvalue weighted by Gasteiger charge is 2.45. The quantitative estimate of drug-likeness (QED) is 0.342. The number of ether oxygens (including phenoxy) is 1. The summed E-state index contributed by atoms with van der Waals surface area (Å²) in [5, 5.41) is 11.4. The summed E-state index contributed by atoms with van der Waals surface area (Å²) in [7, 11) is 1.58. The molecule has 0 spiro atoms. The van der Waals surface area contributed by atoms with E-state index in [1.54, 1.807) is 19.2 Å². The first-order valence-electron chi connectivity index (χ1n) is 12.8. The largest absolute Gasteiger partial charge is 0.465 e. The molecule has 10 nitrogen and oxygen atoms in total. The van der Waals surface area contributed by atoms with Crippen LogP contribution in [0.2, 0.25) is 0 Å². The van der Waals surface area contributed by atoms with Gasteiger partial charge in [-0.15, -0.1) is 0 Å². The minimum atomic E-state index is -0.978. The second-order valence-electron chi connectivity index (χ2n) is 10.9. The van der Waals surface area contributed by atoms with Crippen LogP contribution in [0.25, 0.3) is 0 Å². The Morgan fingerprint density at radius 3 is 2.51 bits per heavy atom. The average molecular weight is 516 g/mol. The van der Waals surface area contributed by atoms with Gasteiger partial charge in [0.15, 0.2) is 0 Å². The number of piperidine rings is 1. The number of imide groups is 2. The van der Waals surface area contributed by atoms with E-state index in [2.05, 4.69) is 26.1 Å². The van der Waals surface area contributed by atoms with E-state index in [0.29, 0.717) is 38.2 Å². The molecule has 202 valence electrons. The monoisotopic (exact) mass is 515 g/mol. The fraction of sp³-hybridized carbons (Fsp3) is 0.593. The molecule has 0 aromatic heterocycles. The van der Waals surface area contributed by atoms with E-state index < -0.39 is 35.8 Å². The van der Waals surface area contributed by atoms with Crippen LogP contribution in [0.15, 0.2) is 18.2 Å². The van der Waals surface area contributed by atoms with Crippen molar-refractivity contribution < 1.29 is 33.8 Å². The number of carboxylic acid groups (broad SMARTS) is 1. The lowest BCUT2D eigenvalue weighted by Gasteiger charge is -2.33. The lowest BCUT2D eigenvalue weighted by Crippen LogP contribution is -2.54. The molecular weight excluding hydrogens is 478 g/mol. The van der Waals surface area contributed by atoms with Gasteiger partial charge in [0, 0.05) is 33.2 Å². The standard InChI is InChI=1S/C27H37N3O7/c1-27(2,3)18(16-29(4)26(35)36)10-7-15-37-14-6-9-17-8-5-11-19-22(17)25(34)30(24(19)33)20-12-13-21(31)28-23(20)32/h5,8,11,18,20H,6-7,9-10,12-16H2,1-4H3,(H,35,36)(H,28,31,32). The van der Waals surface area contributed by atoms with E-state index in [0.717, 1.165) is 23.3 Å². The Kier molecular flexibility index (Phi) is 9.07. The third-order valence-corrected chi connectivity index (χ3v) is 7.18. The Hall–Kier alpha value is -3.27. The molecule has 0 bridgehead atoms. The Balaban J connectivity index is 1.50. The van der Waals surface area contributed by atoms with Crippen molar-refractivity contribution in [2.24, 2.45) is 11.3 Å². The molecule has 2 aliphatic heterocycles. The molecule has 0 saturated carbocycles. The topological polar surface area (TPSA) is 133 Å². The van der Waals surface area contributed by atoms with Crippen LogP contribution in [0.1, 0.15) is 79.2 Å². The number of fused-ring (bicyclic) bond motifs is 1. The van der Waals surface area contributed by atoms with Crippen LogP contribution in [0, 0.1) is 11.3 Å². The van der Waals surface area contributed by atoms with Gasteiger partial charge in [-0.1, -0.05) is 32.9 Å². The lowest BCUT2D eigenvalue weighted by molar-refractivity contribution is -0.136. The van der Waals surface area contributed by atoms with Crippen LogP contribution < -0.4 is 5.32 Å². The summed E-state index contributed by atoms with van der Waals surface area (Å²) >= 11 is 0. The minimum Gasteiger partial charge on any atom is -0.465 e. The highest BCUT2D eigenvalue weighted by Crippen LogP contribution is 2.31. The number of benzene rings is 1. The number of rotatable bonds is 11. The zero-order valence-corrected chi connectivity index (χ0v) is 22.0. The molecule has 2 aliphatic rings. The van der Waals surface area contributed by atoms with Gasteiger partial charge < -0.3 is 14.7 Å². The van der Waals surface area contributed by atoms with Crippen LogP contribution >= 0.6 is 0 Å². The van der Waals surface area contributed by atoms with Crippen LogP contribution in [0.4, 0.5) is 4.79 Å². The van der Waals surface area contributed by atoms with Crippen molar-refractivity contribution >= 4 is 29.7 Å². The minimum absolute atomic E-state index is 0.0247. The van der Waals surface area contributed by atoms with Gasteiger partial charge in [-0.05, 0) is 55.1 Å². The molecule has 1 saturated heterocycles. The van der Waals surface area contributed by atoms with Gasteiger partial charge in [0.1, 0.15) is 6.04 Å². The van der Waals surface area contributed by atoms with Gasteiger partial charge in [0.2, 0.25) is 11.8 Å². The summed E-state index contributed by atoms with van der Waals surface area (Å²) in [4.78, 5) is 63.3. The number of carbonyl (C=O) groups excluding carboxylic acids is 4. The number of hydrogen-bond acceptors (Lipinski definition) is 6. The predicted molar refractivity (Wildman–Crippen MR) is 135 cm³/mol. The first-order chi connectivity index (χ1) is 17.4. The summed E-state index contributed by atoms with van der Waals surface area (Å²) in [5.74, 6) is -1.82. The van der Waals surface area contributed by atoms with Crippen molar-refractivity contribution in [1.82, 2.24) is 15.1 Å². The second-order valence-corrected chi connectivity index (χ2v) is 10.9. The fourth-order valence-electron chi connectivity index (χ4n) is 4.90. The lowest BCUT2D eigenvalue weighted by atomic mass is 9.78. The van der Waals surface area contributed by atoms with E-state index in [4.69, 9.17) is 4.74 Å². The highest BCUT2D eigenvalue weighted by atomic mass is 16.5. The summed E-state index contributed by atoms with van der Waals surface area (Å²) in [6.07, 6.45) is 2.13. The van der Waals surface area contributed by atoms with Gasteiger partial charge in [-0.3, -0.25) is 29.4 Å². The first-order valence-corrected chi connectivity index (χ1v) is 12.8. The molecule has 10 heteroatoms. The number of nitrogens with one attached hydrogen (secondary N) is 1. The maximum Gasteiger partial charge on any atom is 0.407 e. The first kappa shape index (κ1) is 28.3. The number of carbonyl (C=O) groups is 5. The number of amides is 5. The SMILES string of the molecule is CN(CC(CCCOCCCc1cccc2c1C(=O)N(C1CCC(=O)NC1=O)C2=O)C(C)(C)C)C(=O)O. The second kappa shape index (κ2) is 11.9. The summed E-state index contributed by atoms with van der Waals surface area (Å²) in [5.41, 5.74) is 1.32. The Morgan fingerprint density at radius 2 is 1.86 bits per heavy atom. The highest BCUT2D eigenvalue weighted by molar-refractivity contribution is 6.24. The molecular formula is C27H37N3O7. The van der Waals surface area contributed by atoms with Crippen LogP contribution in [0.5, 0.6) is 0 Å². The molecule has 1 aromatic carbocycles. The molecule has 2 atom stereocenters. The summed E-state index contributed by atoms with van der Waals surface area (Å²) in [6, 6.07) is 4.16. The Labute approximate surface area is 217 Å². The van der Waals surface area contributed by atoms with E-state index in [1.807, 2.05) is 6.07 Å². The zero-order valence-electron chi connectivity index (χ0n) is 22.0. The Morgan fingerprint density at radius 1 is 1.16 bits per heavy atom. The van der Waals surface area contributed by atoms with Crippen LogP contribution in [0.3, 0.4) is 0 Å². The third kappa shape index (κ3) is 6.74. The van der Waals surface area contributed by atoms with E-state index in [1.165, 1.54) is 4.90 Å². The zero-order chi connectivity index (χ0) is 27.3. The van der Waals surface area contributed by atoms with E-state index >= 15 is 0 Å². The summed E-state index contributed by atoms with van der Waals surface area (Å²) < 4.78 is 5.80. The van der Waals surface area contributed by atoms with Crippen molar-refractivity contribution in [2.75, 3.05) is 26.8 Å². The molecule has 2 N–H and O–H groups in total.